The van der Waals surface area contributed by atoms with Crippen LogP contribution in [-0.2, 0) is 14.1 Å². The zero-order valence-electron chi connectivity index (χ0n) is 13.1. The molecule has 0 N–H and O–H groups in total. The number of aromatic nitrogens is 4. The Morgan fingerprint density at radius 3 is 2.71 bits per heavy atom. The van der Waals surface area contributed by atoms with Crippen LogP contribution >= 0.6 is 15.9 Å². The van der Waals surface area contributed by atoms with Gasteiger partial charge in [0.2, 0.25) is 0 Å². The maximum absolute atomic E-state index is 12.9. The summed E-state index contributed by atoms with van der Waals surface area (Å²) in [6, 6.07) is 3.34. The van der Waals surface area contributed by atoms with Crippen molar-refractivity contribution in [3.05, 3.63) is 28.6 Å². The fourth-order valence-corrected chi connectivity index (χ4v) is 3.82. The molecule has 24 heavy (non-hydrogen) atoms. The van der Waals surface area contributed by atoms with Crippen molar-refractivity contribution in [2.24, 2.45) is 14.1 Å². The third-order valence-corrected chi connectivity index (χ3v) is 4.82. The van der Waals surface area contributed by atoms with E-state index in [-0.39, 0.29) is 5.75 Å². The Morgan fingerprint density at radius 2 is 2.04 bits per heavy atom. The molecule has 5 nitrogen and oxygen atoms in total. The highest BCUT2D eigenvalue weighted by molar-refractivity contribution is 9.10. The van der Waals surface area contributed by atoms with E-state index in [4.69, 9.17) is 4.74 Å². The van der Waals surface area contributed by atoms with Gasteiger partial charge in [0, 0.05) is 37.7 Å². The Hall–Kier alpha value is -1.96. The van der Waals surface area contributed by atoms with Crippen molar-refractivity contribution in [1.29, 1.82) is 0 Å². The van der Waals surface area contributed by atoms with Crippen molar-refractivity contribution in [2.75, 3.05) is 0 Å². The predicted molar refractivity (Wildman–Crippen MR) is 89.2 cm³/mol. The Kier molecular flexibility index (Phi) is 3.59. The first-order chi connectivity index (χ1) is 11.4. The standard InChI is InChI=1S/C16H15BrF2N4O/c1-22-7-9-5-10(12(24-16(18)19)6-11(9)21-22)15-20-14(17)13(23(15)2)8-3-4-8/h5-8,16H,3-4H2,1-2H3. The minimum Gasteiger partial charge on any atom is -0.434 e. The number of fused-ring (bicyclic) bond motifs is 1. The lowest BCUT2D eigenvalue weighted by Crippen LogP contribution is -2.05. The monoisotopic (exact) mass is 396 g/mol. The molecule has 0 bridgehead atoms. The highest BCUT2D eigenvalue weighted by Crippen LogP contribution is 2.45. The van der Waals surface area contributed by atoms with Crippen molar-refractivity contribution < 1.29 is 13.5 Å². The number of benzene rings is 1. The fraction of sp³-hybridized carbons (Fsp3) is 0.375. The summed E-state index contributed by atoms with van der Waals surface area (Å²) in [7, 11) is 3.69. The minimum atomic E-state index is -2.91. The van der Waals surface area contributed by atoms with Gasteiger partial charge in [-0.1, -0.05) is 0 Å². The molecule has 3 aromatic rings. The zero-order valence-corrected chi connectivity index (χ0v) is 14.7. The molecular formula is C16H15BrF2N4O. The van der Waals surface area contributed by atoms with Gasteiger partial charge in [0.25, 0.3) is 0 Å². The fourth-order valence-electron chi connectivity index (χ4n) is 3.06. The molecule has 0 unspecified atom stereocenters. The van der Waals surface area contributed by atoms with Gasteiger partial charge in [0.05, 0.1) is 16.8 Å². The van der Waals surface area contributed by atoms with Gasteiger partial charge in [0.1, 0.15) is 16.2 Å². The number of halogens is 3. The number of aryl methyl sites for hydroxylation is 1. The highest BCUT2D eigenvalue weighted by Gasteiger charge is 2.31. The van der Waals surface area contributed by atoms with E-state index < -0.39 is 6.61 Å². The van der Waals surface area contributed by atoms with Gasteiger partial charge in [0.15, 0.2) is 0 Å². The number of nitrogens with zero attached hydrogens (tertiary/aromatic N) is 4. The topological polar surface area (TPSA) is 44.9 Å². The Bertz CT molecular complexity index is 930. The van der Waals surface area contributed by atoms with Gasteiger partial charge in [-0.15, -0.1) is 0 Å². The summed E-state index contributed by atoms with van der Waals surface area (Å²) in [4.78, 5) is 4.55. The third-order valence-electron chi connectivity index (χ3n) is 4.24. The quantitative estimate of drug-likeness (QED) is 0.663. The minimum absolute atomic E-state index is 0.0825. The second kappa shape index (κ2) is 5.54. The van der Waals surface area contributed by atoms with Crippen molar-refractivity contribution in [3.63, 3.8) is 0 Å². The smallest absolute Gasteiger partial charge is 0.387 e. The average Bonchev–Trinajstić information content (AvgIpc) is 3.18. The molecule has 0 saturated heterocycles. The van der Waals surface area contributed by atoms with E-state index in [1.54, 1.807) is 17.8 Å². The van der Waals surface area contributed by atoms with E-state index >= 15 is 0 Å². The van der Waals surface area contributed by atoms with Crippen LogP contribution < -0.4 is 4.74 Å². The summed E-state index contributed by atoms with van der Waals surface area (Å²) in [6.07, 6.45) is 4.09. The van der Waals surface area contributed by atoms with Gasteiger partial charge in [-0.05, 0) is 34.8 Å². The number of hydrogen-bond donors (Lipinski definition) is 0. The number of hydrogen-bond acceptors (Lipinski definition) is 3. The summed E-state index contributed by atoms with van der Waals surface area (Å²) >= 11 is 3.50. The van der Waals surface area contributed by atoms with Crippen LogP contribution in [0, 0.1) is 0 Å². The van der Waals surface area contributed by atoms with E-state index in [9.17, 15) is 8.78 Å². The van der Waals surface area contributed by atoms with E-state index in [0.717, 1.165) is 28.5 Å². The molecule has 1 aliphatic rings. The molecule has 0 radical (unpaired) electrons. The highest BCUT2D eigenvalue weighted by atomic mass is 79.9. The lowest BCUT2D eigenvalue weighted by Gasteiger charge is -2.11. The first-order valence-electron chi connectivity index (χ1n) is 7.58. The number of alkyl halides is 2. The number of imidazole rings is 1. The van der Waals surface area contributed by atoms with Crippen LogP contribution in [-0.4, -0.2) is 25.9 Å². The Labute approximate surface area is 145 Å². The molecule has 2 aromatic heterocycles. The van der Waals surface area contributed by atoms with Crippen LogP contribution in [0.15, 0.2) is 22.9 Å². The van der Waals surface area contributed by atoms with E-state index in [1.807, 2.05) is 17.8 Å². The maximum atomic E-state index is 12.9. The summed E-state index contributed by atoms with van der Waals surface area (Å²) in [5, 5.41) is 5.10. The first kappa shape index (κ1) is 15.6. The summed E-state index contributed by atoms with van der Waals surface area (Å²) in [6.45, 7) is -2.91. The van der Waals surface area contributed by atoms with Crippen molar-refractivity contribution >= 4 is 26.8 Å². The molecule has 1 saturated carbocycles. The molecule has 1 fully saturated rings. The second-order valence-electron chi connectivity index (χ2n) is 6.03. The molecule has 0 amide bonds. The van der Waals surface area contributed by atoms with Crippen LogP contribution in [0.2, 0.25) is 0 Å². The number of rotatable bonds is 4. The molecule has 126 valence electrons. The van der Waals surface area contributed by atoms with Gasteiger partial charge in [-0.25, -0.2) is 4.98 Å². The maximum Gasteiger partial charge on any atom is 0.387 e. The largest absolute Gasteiger partial charge is 0.434 e. The SMILES string of the molecule is Cn1cc2cc(-c3nc(Br)c(C4CC4)n3C)c(OC(F)F)cc2n1. The van der Waals surface area contributed by atoms with E-state index in [2.05, 4.69) is 26.0 Å². The van der Waals surface area contributed by atoms with Crippen LogP contribution in [0.25, 0.3) is 22.3 Å². The zero-order chi connectivity index (χ0) is 17.0. The molecule has 0 aliphatic heterocycles. The lowest BCUT2D eigenvalue weighted by molar-refractivity contribution is -0.0494. The van der Waals surface area contributed by atoms with Gasteiger partial charge < -0.3 is 9.30 Å². The van der Waals surface area contributed by atoms with Crippen LogP contribution in [0.4, 0.5) is 8.78 Å². The average molecular weight is 397 g/mol. The van der Waals surface area contributed by atoms with Crippen molar-refractivity contribution in [3.8, 4) is 17.1 Å². The van der Waals surface area contributed by atoms with E-state index in [1.165, 1.54) is 6.07 Å². The van der Waals surface area contributed by atoms with Crippen LogP contribution in [0.1, 0.15) is 24.5 Å². The Morgan fingerprint density at radius 1 is 1.29 bits per heavy atom. The van der Waals surface area contributed by atoms with Crippen LogP contribution in [0.3, 0.4) is 0 Å². The first-order valence-corrected chi connectivity index (χ1v) is 8.38. The normalized spacial score (nSPS) is 14.8. The molecule has 0 spiro atoms. The van der Waals surface area contributed by atoms with Gasteiger partial charge in [-0.2, -0.15) is 13.9 Å². The van der Waals surface area contributed by atoms with E-state index in [0.29, 0.717) is 22.8 Å². The lowest BCUT2D eigenvalue weighted by atomic mass is 10.1. The summed E-state index contributed by atoms with van der Waals surface area (Å²) in [5.74, 6) is 1.16. The molecule has 2 heterocycles. The van der Waals surface area contributed by atoms with Crippen LogP contribution in [0.5, 0.6) is 5.75 Å². The van der Waals surface area contributed by atoms with Gasteiger partial charge >= 0.3 is 6.61 Å². The predicted octanol–water partition coefficient (Wildman–Crippen LogP) is 4.22. The molecule has 4 rings (SSSR count). The molecule has 1 aliphatic carbocycles. The summed E-state index contributed by atoms with van der Waals surface area (Å²) < 4.78 is 34.8. The molecular weight excluding hydrogens is 382 g/mol. The van der Waals surface area contributed by atoms with Gasteiger partial charge in [-0.3, -0.25) is 4.68 Å². The Balaban J connectivity index is 1.92. The van der Waals surface area contributed by atoms with Crippen molar-refractivity contribution in [2.45, 2.75) is 25.4 Å². The second-order valence-corrected chi connectivity index (χ2v) is 6.78. The van der Waals surface area contributed by atoms with Crippen molar-refractivity contribution in [1.82, 2.24) is 19.3 Å². The molecule has 0 atom stereocenters. The third kappa shape index (κ3) is 2.58. The number of ether oxygens (including phenoxy) is 1. The molecule has 1 aromatic carbocycles. The molecule has 8 heteroatoms. The summed E-state index contributed by atoms with van der Waals surface area (Å²) in [5.41, 5.74) is 2.23.